The fourth-order valence-electron chi connectivity index (χ4n) is 1.32. The number of nitrogens with zero attached hydrogens (tertiary/aromatic N) is 1. The fourth-order valence-corrected chi connectivity index (χ4v) is 1.89. The minimum Gasteiger partial charge on any atom is -0.468 e. The van der Waals surface area contributed by atoms with E-state index in [1.807, 2.05) is 0 Å². The van der Waals surface area contributed by atoms with Gasteiger partial charge in [0.2, 0.25) is 0 Å². The van der Waals surface area contributed by atoms with Crippen LogP contribution in [0.4, 0.5) is 5.69 Å². The Morgan fingerprint density at radius 2 is 2.16 bits per heavy atom. The van der Waals surface area contributed by atoms with Crippen molar-refractivity contribution in [2.24, 2.45) is 0 Å². The minimum absolute atomic E-state index is 0.0882. The van der Waals surface area contributed by atoms with Crippen LogP contribution < -0.4 is 4.74 Å². The molecule has 0 aliphatic carbocycles. The van der Waals surface area contributed by atoms with Crippen LogP contribution in [-0.2, 0) is 14.3 Å². The molecule has 0 amide bonds. The Hall–Kier alpha value is -1.67. The zero-order chi connectivity index (χ0) is 14.4. The van der Waals surface area contributed by atoms with Gasteiger partial charge >= 0.3 is 5.97 Å². The highest BCUT2D eigenvalue weighted by molar-refractivity contribution is 9.09. The number of ether oxygens (including phenoxy) is 3. The predicted octanol–water partition coefficient (Wildman–Crippen LogP) is 2.19. The maximum Gasteiger partial charge on any atom is 0.324 e. The Labute approximate surface area is 117 Å². The van der Waals surface area contributed by atoms with E-state index in [0.717, 1.165) is 0 Å². The number of hydrogen-bond acceptors (Lipinski definition) is 6. The number of esters is 1. The van der Waals surface area contributed by atoms with Crippen molar-refractivity contribution in [2.45, 2.75) is 4.83 Å². The molecule has 0 N–H and O–H groups in total. The standard InChI is InChI=1S/C11H12BrNO6/c1-17-6-19-9-5-7(13(15)16)3-4-8(9)10(12)11(14)18-2/h3-5,10H,6H2,1-2H3. The van der Waals surface area contributed by atoms with Gasteiger partial charge in [-0.1, -0.05) is 15.9 Å². The molecule has 8 heteroatoms. The average molecular weight is 334 g/mol. The number of carbonyl (C=O) groups is 1. The Balaban J connectivity index is 3.14. The highest BCUT2D eigenvalue weighted by atomic mass is 79.9. The average Bonchev–Trinajstić information content (AvgIpc) is 2.42. The molecule has 1 atom stereocenters. The molecule has 0 saturated carbocycles. The molecule has 0 aromatic heterocycles. The molecule has 1 rings (SSSR count). The topological polar surface area (TPSA) is 87.9 Å². The van der Waals surface area contributed by atoms with Gasteiger partial charge in [0, 0.05) is 18.7 Å². The first-order valence-electron chi connectivity index (χ1n) is 5.13. The molecular weight excluding hydrogens is 322 g/mol. The summed E-state index contributed by atoms with van der Waals surface area (Å²) in [5, 5.41) is 10.7. The predicted molar refractivity (Wildman–Crippen MR) is 69.3 cm³/mol. The van der Waals surface area contributed by atoms with Crippen molar-refractivity contribution in [1.82, 2.24) is 0 Å². The van der Waals surface area contributed by atoms with Gasteiger partial charge in [0.1, 0.15) is 10.6 Å². The van der Waals surface area contributed by atoms with Crippen LogP contribution in [-0.4, -0.2) is 31.9 Å². The fraction of sp³-hybridized carbons (Fsp3) is 0.364. The monoisotopic (exact) mass is 333 g/mol. The van der Waals surface area contributed by atoms with Crippen LogP contribution in [0.25, 0.3) is 0 Å². The van der Waals surface area contributed by atoms with Gasteiger partial charge in [-0.2, -0.15) is 0 Å². The van der Waals surface area contributed by atoms with Crippen LogP contribution in [0, 0.1) is 10.1 Å². The van der Waals surface area contributed by atoms with E-state index < -0.39 is 15.7 Å². The summed E-state index contributed by atoms with van der Waals surface area (Å²) in [6, 6.07) is 3.94. The van der Waals surface area contributed by atoms with Crippen LogP contribution in [0.15, 0.2) is 18.2 Å². The first kappa shape index (κ1) is 15.4. The largest absolute Gasteiger partial charge is 0.468 e. The highest BCUT2D eigenvalue weighted by Gasteiger charge is 2.23. The molecule has 0 heterocycles. The molecule has 0 radical (unpaired) electrons. The number of non-ortho nitro benzene ring substituents is 1. The summed E-state index contributed by atoms with van der Waals surface area (Å²) < 4.78 is 14.6. The van der Waals surface area contributed by atoms with E-state index in [-0.39, 0.29) is 18.2 Å². The van der Waals surface area contributed by atoms with Gasteiger partial charge in [-0.15, -0.1) is 0 Å². The van der Waals surface area contributed by atoms with E-state index in [1.165, 1.54) is 32.4 Å². The third-order valence-corrected chi connectivity index (χ3v) is 3.09. The van der Waals surface area contributed by atoms with E-state index in [9.17, 15) is 14.9 Å². The second-order valence-electron chi connectivity index (χ2n) is 3.42. The number of methoxy groups -OCH3 is 2. The third kappa shape index (κ3) is 3.90. The first-order valence-corrected chi connectivity index (χ1v) is 6.04. The summed E-state index contributed by atoms with van der Waals surface area (Å²) in [6.45, 7) is -0.0882. The van der Waals surface area contributed by atoms with Crippen molar-refractivity contribution >= 4 is 27.6 Å². The molecule has 0 aliphatic heterocycles. The lowest BCUT2D eigenvalue weighted by Gasteiger charge is -2.13. The van der Waals surface area contributed by atoms with Crippen molar-refractivity contribution in [1.29, 1.82) is 0 Å². The quantitative estimate of drug-likeness (QED) is 0.260. The first-order chi connectivity index (χ1) is 9.01. The van der Waals surface area contributed by atoms with Crippen LogP contribution in [0.3, 0.4) is 0 Å². The molecule has 0 fully saturated rings. The molecule has 0 bridgehead atoms. The van der Waals surface area contributed by atoms with Crippen LogP contribution in [0.2, 0.25) is 0 Å². The van der Waals surface area contributed by atoms with E-state index in [0.29, 0.717) is 5.56 Å². The van der Waals surface area contributed by atoms with Crippen molar-refractivity contribution in [3.63, 3.8) is 0 Å². The van der Waals surface area contributed by atoms with E-state index >= 15 is 0 Å². The van der Waals surface area contributed by atoms with E-state index in [2.05, 4.69) is 20.7 Å². The molecule has 7 nitrogen and oxygen atoms in total. The van der Waals surface area contributed by atoms with Gasteiger partial charge in [-0.25, -0.2) is 0 Å². The van der Waals surface area contributed by atoms with Gasteiger partial charge in [-0.05, 0) is 6.07 Å². The molecule has 0 spiro atoms. The Kier molecular flexibility index (Phi) is 5.71. The number of nitro benzene ring substituents is 1. The number of carbonyl (C=O) groups excluding carboxylic acids is 1. The second kappa shape index (κ2) is 7.05. The smallest absolute Gasteiger partial charge is 0.324 e. The van der Waals surface area contributed by atoms with Gasteiger partial charge in [-0.3, -0.25) is 14.9 Å². The number of alkyl halides is 1. The highest BCUT2D eigenvalue weighted by Crippen LogP contribution is 2.34. The summed E-state index contributed by atoms with van der Waals surface area (Å²) in [5.41, 5.74) is 0.286. The normalized spacial score (nSPS) is 11.7. The lowest BCUT2D eigenvalue weighted by atomic mass is 10.1. The third-order valence-electron chi connectivity index (χ3n) is 2.22. The summed E-state index contributed by atoms with van der Waals surface area (Å²) in [6.07, 6.45) is 0. The summed E-state index contributed by atoms with van der Waals surface area (Å²) in [4.78, 5) is 20.9. The Bertz CT molecular complexity index is 478. The van der Waals surface area contributed by atoms with Gasteiger partial charge in [0.25, 0.3) is 5.69 Å². The molecule has 0 saturated heterocycles. The summed E-state index contributed by atoms with van der Waals surface area (Å²) >= 11 is 3.15. The molecule has 1 unspecified atom stereocenters. The molecule has 104 valence electrons. The minimum atomic E-state index is -0.773. The number of hydrogen-bond donors (Lipinski definition) is 0. The van der Waals surface area contributed by atoms with Crippen LogP contribution >= 0.6 is 15.9 Å². The number of halogens is 1. The number of benzene rings is 1. The molecule has 1 aromatic carbocycles. The molecule has 0 aliphatic rings. The molecular formula is C11H12BrNO6. The number of rotatable bonds is 6. The van der Waals surface area contributed by atoms with Crippen LogP contribution in [0.5, 0.6) is 5.75 Å². The maximum absolute atomic E-state index is 11.5. The van der Waals surface area contributed by atoms with E-state index in [1.54, 1.807) is 0 Å². The molecule has 19 heavy (non-hydrogen) atoms. The zero-order valence-corrected chi connectivity index (χ0v) is 11.9. The second-order valence-corrected chi connectivity index (χ2v) is 4.33. The zero-order valence-electron chi connectivity index (χ0n) is 10.3. The lowest BCUT2D eigenvalue weighted by Crippen LogP contribution is -2.11. The van der Waals surface area contributed by atoms with Gasteiger partial charge in [0.05, 0.1) is 18.1 Å². The number of nitro groups is 1. The van der Waals surface area contributed by atoms with Crippen molar-refractivity contribution in [3.05, 3.63) is 33.9 Å². The van der Waals surface area contributed by atoms with Crippen molar-refractivity contribution in [2.75, 3.05) is 21.0 Å². The summed E-state index contributed by atoms with van der Waals surface area (Å²) in [7, 11) is 2.67. The summed E-state index contributed by atoms with van der Waals surface area (Å²) in [5.74, 6) is -0.348. The SMILES string of the molecule is COCOc1cc([N+](=O)[O-])ccc1C(Br)C(=O)OC. The maximum atomic E-state index is 11.5. The van der Waals surface area contributed by atoms with Crippen LogP contribution in [0.1, 0.15) is 10.4 Å². The van der Waals surface area contributed by atoms with Crippen molar-refractivity contribution in [3.8, 4) is 5.75 Å². The van der Waals surface area contributed by atoms with Gasteiger partial charge < -0.3 is 14.2 Å². The van der Waals surface area contributed by atoms with E-state index in [4.69, 9.17) is 9.47 Å². The Morgan fingerprint density at radius 3 is 2.68 bits per heavy atom. The van der Waals surface area contributed by atoms with Gasteiger partial charge in [0.15, 0.2) is 6.79 Å². The Morgan fingerprint density at radius 1 is 1.47 bits per heavy atom. The lowest BCUT2D eigenvalue weighted by molar-refractivity contribution is -0.385. The van der Waals surface area contributed by atoms with Crippen molar-refractivity contribution < 1.29 is 23.9 Å². The molecule has 1 aromatic rings.